The van der Waals surface area contributed by atoms with Gasteiger partial charge in [-0.3, -0.25) is 20.5 Å². The van der Waals surface area contributed by atoms with Crippen molar-refractivity contribution in [2.24, 2.45) is 0 Å². The largest absolute Gasteiger partial charge is 0.390 e. The molecule has 1 aliphatic heterocycles. The molecule has 29 heavy (non-hydrogen) atoms. The second-order valence-electron chi connectivity index (χ2n) is 8.46. The molecule has 8 heteroatoms. The smallest absolute Gasteiger partial charge is 0.261 e. The van der Waals surface area contributed by atoms with Crippen LogP contribution in [0, 0.1) is 5.82 Å². The standard InChI is InChI=1S/C21H35FN4O2S/c1-14(2)29(15(3)4)16(5)12-18(27)21(10-7-11-26(21)6)20(28)25-24-19-9-8-17(22)13-23-19/h8-9,13-16,18,27H,7,10-12H2,1-6H3,(H-,23,24,25,28)/p+1/t16?,18?,21-/m1/s1. The summed E-state index contributed by atoms with van der Waals surface area (Å²) in [5, 5.41) is 12.7. The van der Waals surface area contributed by atoms with Crippen LogP contribution in [0.2, 0.25) is 0 Å². The van der Waals surface area contributed by atoms with Crippen molar-refractivity contribution in [2.45, 2.75) is 81.3 Å². The second-order valence-corrected chi connectivity index (χ2v) is 12.0. The third kappa shape index (κ3) is 5.41. The molecule has 1 amide bonds. The van der Waals surface area contributed by atoms with Gasteiger partial charge in [-0.05, 0) is 84.1 Å². The first kappa shape index (κ1) is 23.9. The number of likely N-dealkylation sites (N-methyl/N-ethyl adjacent to an activating group) is 1. The SMILES string of the molecule is CC(C)[S+](C(C)C)C(C)CC(O)[C@@]1(C(=O)NNc2ccc(F)cn2)CCCN1C. The summed E-state index contributed by atoms with van der Waals surface area (Å²) in [5.74, 6) is -0.374. The number of carbonyl (C=O) groups is 1. The zero-order chi connectivity index (χ0) is 21.8. The van der Waals surface area contributed by atoms with Crippen molar-refractivity contribution in [3.05, 3.63) is 24.1 Å². The van der Waals surface area contributed by atoms with E-state index in [4.69, 9.17) is 0 Å². The Kier molecular flexibility index (Phi) is 8.31. The van der Waals surface area contributed by atoms with Gasteiger partial charge in [0.25, 0.3) is 5.91 Å². The molecule has 0 saturated carbocycles. The van der Waals surface area contributed by atoms with E-state index >= 15 is 0 Å². The number of halogens is 1. The van der Waals surface area contributed by atoms with Crippen molar-refractivity contribution in [1.82, 2.24) is 15.3 Å². The van der Waals surface area contributed by atoms with Gasteiger partial charge >= 0.3 is 0 Å². The van der Waals surface area contributed by atoms with E-state index < -0.39 is 17.5 Å². The number of rotatable bonds is 9. The number of carbonyl (C=O) groups excluding carboxylic acids is 1. The Bertz CT molecular complexity index is 665. The van der Waals surface area contributed by atoms with Gasteiger partial charge in [0.2, 0.25) is 0 Å². The molecule has 1 aromatic rings. The van der Waals surface area contributed by atoms with E-state index in [1.54, 1.807) is 0 Å². The van der Waals surface area contributed by atoms with E-state index in [0.29, 0.717) is 34.4 Å². The van der Waals surface area contributed by atoms with Crippen molar-refractivity contribution in [3.8, 4) is 0 Å². The number of hydrogen-bond donors (Lipinski definition) is 3. The van der Waals surface area contributed by atoms with Gasteiger partial charge in [-0.2, -0.15) is 0 Å². The van der Waals surface area contributed by atoms with Gasteiger partial charge in [-0.25, -0.2) is 9.37 Å². The number of anilines is 1. The van der Waals surface area contributed by atoms with Crippen LogP contribution in [0.5, 0.6) is 0 Å². The first-order valence-electron chi connectivity index (χ1n) is 10.4. The zero-order valence-corrected chi connectivity index (χ0v) is 19.2. The van der Waals surface area contributed by atoms with E-state index in [2.05, 4.69) is 50.5 Å². The van der Waals surface area contributed by atoms with E-state index in [-0.39, 0.29) is 16.8 Å². The molecule has 2 heterocycles. The maximum absolute atomic E-state index is 13.2. The van der Waals surface area contributed by atoms with Crippen molar-refractivity contribution < 1.29 is 14.3 Å². The third-order valence-corrected chi connectivity index (χ3v) is 9.12. The summed E-state index contributed by atoms with van der Waals surface area (Å²) in [7, 11) is 2.05. The lowest BCUT2D eigenvalue weighted by Gasteiger charge is -2.39. The molecule has 0 spiro atoms. The van der Waals surface area contributed by atoms with Crippen molar-refractivity contribution in [1.29, 1.82) is 0 Å². The number of aliphatic hydroxyl groups excluding tert-OH is 1. The summed E-state index contributed by atoms with van der Waals surface area (Å²) in [5.41, 5.74) is 4.45. The van der Waals surface area contributed by atoms with Crippen LogP contribution >= 0.6 is 0 Å². The lowest BCUT2D eigenvalue weighted by Crippen LogP contribution is -2.63. The summed E-state index contributed by atoms with van der Waals surface area (Å²) >= 11 is 0. The predicted molar refractivity (Wildman–Crippen MR) is 118 cm³/mol. The molecule has 3 atom stereocenters. The van der Waals surface area contributed by atoms with Crippen LogP contribution in [0.3, 0.4) is 0 Å². The predicted octanol–water partition coefficient (Wildman–Crippen LogP) is 2.70. The Hall–Kier alpha value is -1.38. The quantitative estimate of drug-likeness (QED) is 0.417. The number of likely N-dealkylation sites (tertiary alicyclic amines) is 1. The zero-order valence-electron chi connectivity index (χ0n) is 18.4. The lowest BCUT2D eigenvalue weighted by atomic mass is 9.86. The van der Waals surface area contributed by atoms with E-state index in [1.165, 1.54) is 12.1 Å². The molecule has 0 aliphatic carbocycles. The van der Waals surface area contributed by atoms with E-state index in [9.17, 15) is 14.3 Å². The average Bonchev–Trinajstić information content (AvgIpc) is 3.02. The molecule has 6 nitrogen and oxygen atoms in total. The fraction of sp³-hybridized carbons (Fsp3) is 0.714. The highest BCUT2D eigenvalue weighted by Crippen LogP contribution is 2.35. The molecule has 3 N–H and O–H groups in total. The van der Waals surface area contributed by atoms with Gasteiger partial charge in [0.05, 0.1) is 12.3 Å². The highest BCUT2D eigenvalue weighted by molar-refractivity contribution is 7.98. The van der Waals surface area contributed by atoms with Gasteiger partial charge in [-0.15, -0.1) is 0 Å². The maximum atomic E-state index is 13.2. The number of aromatic nitrogens is 1. The van der Waals surface area contributed by atoms with Crippen LogP contribution < -0.4 is 10.9 Å². The second kappa shape index (κ2) is 10.1. The number of amides is 1. The highest BCUT2D eigenvalue weighted by atomic mass is 32.2. The average molecular weight is 428 g/mol. The Morgan fingerprint density at radius 2 is 1.97 bits per heavy atom. The Balaban J connectivity index is 2.13. The van der Waals surface area contributed by atoms with Crippen molar-refractivity contribution in [3.63, 3.8) is 0 Å². The Labute approximate surface area is 177 Å². The summed E-state index contributed by atoms with van der Waals surface area (Å²) in [6.45, 7) is 11.9. The molecule has 1 saturated heterocycles. The number of nitrogens with zero attached hydrogens (tertiary/aromatic N) is 2. The number of pyridine rings is 1. The maximum Gasteiger partial charge on any atom is 0.261 e. The van der Waals surface area contributed by atoms with Crippen LogP contribution in [0.1, 0.15) is 53.9 Å². The molecular weight excluding hydrogens is 391 g/mol. The van der Waals surface area contributed by atoms with Gasteiger partial charge in [-0.1, -0.05) is 0 Å². The van der Waals surface area contributed by atoms with Gasteiger partial charge in [0.1, 0.15) is 32.9 Å². The number of hydrogen-bond acceptors (Lipinski definition) is 5. The molecule has 1 fully saturated rings. The Morgan fingerprint density at radius 1 is 1.31 bits per heavy atom. The number of nitrogens with one attached hydrogen (secondary N) is 2. The molecule has 164 valence electrons. The minimum absolute atomic E-state index is 0.157. The molecule has 1 aromatic heterocycles. The topological polar surface area (TPSA) is 77.5 Å². The summed E-state index contributed by atoms with van der Waals surface area (Å²) in [4.78, 5) is 19.1. The summed E-state index contributed by atoms with van der Waals surface area (Å²) in [6.07, 6.45) is 2.33. The summed E-state index contributed by atoms with van der Waals surface area (Å²) in [6, 6.07) is 2.73. The molecule has 2 unspecified atom stereocenters. The highest BCUT2D eigenvalue weighted by Gasteiger charge is 2.52. The van der Waals surface area contributed by atoms with Crippen molar-refractivity contribution in [2.75, 3.05) is 19.0 Å². The Morgan fingerprint density at radius 3 is 2.45 bits per heavy atom. The van der Waals surface area contributed by atoms with Crippen LogP contribution in [-0.2, 0) is 15.7 Å². The molecule has 2 rings (SSSR count). The summed E-state index contributed by atoms with van der Waals surface area (Å²) < 4.78 is 13.0. The van der Waals surface area contributed by atoms with Gasteiger partial charge in [0, 0.05) is 6.42 Å². The minimum Gasteiger partial charge on any atom is -0.390 e. The number of aliphatic hydroxyl groups is 1. The molecule has 0 radical (unpaired) electrons. The van der Waals surface area contributed by atoms with E-state index in [0.717, 1.165) is 19.2 Å². The third-order valence-electron chi connectivity index (χ3n) is 5.82. The van der Waals surface area contributed by atoms with Crippen molar-refractivity contribution >= 4 is 22.6 Å². The van der Waals surface area contributed by atoms with Crippen LogP contribution in [0.4, 0.5) is 10.2 Å². The van der Waals surface area contributed by atoms with Crippen LogP contribution in [-0.4, -0.2) is 61.9 Å². The molecule has 1 aliphatic rings. The van der Waals surface area contributed by atoms with E-state index in [1.807, 2.05) is 11.9 Å². The van der Waals surface area contributed by atoms with Gasteiger partial charge < -0.3 is 5.11 Å². The molecule has 0 bridgehead atoms. The lowest BCUT2D eigenvalue weighted by molar-refractivity contribution is -0.138. The fourth-order valence-corrected chi connectivity index (χ4v) is 7.96. The first-order valence-corrected chi connectivity index (χ1v) is 11.8. The molecular formula is C21H36FN4O2S+. The normalized spacial score (nSPS) is 22.3. The fourth-order valence-electron chi connectivity index (χ4n) is 4.61. The first-order chi connectivity index (χ1) is 13.6. The van der Waals surface area contributed by atoms with Gasteiger partial charge in [0.15, 0.2) is 0 Å². The minimum atomic E-state index is -0.982. The monoisotopic (exact) mass is 427 g/mol. The molecule has 0 aromatic carbocycles. The van der Waals surface area contributed by atoms with Crippen LogP contribution in [0.25, 0.3) is 0 Å². The van der Waals surface area contributed by atoms with Crippen LogP contribution in [0.15, 0.2) is 18.3 Å². The number of hydrazine groups is 1.